The second-order valence-corrected chi connectivity index (χ2v) is 12.1. The Balaban J connectivity index is 0.00000417. The maximum Gasteiger partial charge on any atom is 1.00 e. The summed E-state index contributed by atoms with van der Waals surface area (Å²) in [5.41, 5.74) is -0.392. The third-order valence-electron chi connectivity index (χ3n) is 6.07. The van der Waals surface area contributed by atoms with Gasteiger partial charge < -0.3 is 34.7 Å². The maximum absolute atomic E-state index is 13.1. The Morgan fingerprint density at radius 2 is 1.41 bits per heavy atom. The first-order valence-corrected chi connectivity index (χ1v) is 16.2. The molecule has 248 valence electrons. The van der Waals surface area contributed by atoms with Crippen LogP contribution in [-0.4, -0.2) is 82.1 Å². The zero-order valence-electron chi connectivity index (χ0n) is 25.8. The van der Waals surface area contributed by atoms with Crippen LogP contribution in [0.1, 0.15) is 5.56 Å². The number of hydrogen-bond acceptors (Lipinski definition) is 14. The van der Waals surface area contributed by atoms with E-state index in [-0.39, 0.29) is 87.5 Å². The van der Waals surface area contributed by atoms with E-state index >= 15 is 0 Å². The van der Waals surface area contributed by atoms with Crippen molar-refractivity contribution >= 4 is 61.0 Å². The second-order valence-electron chi connectivity index (χ2n) is 9.32. The van der Waals surface area contributed by atoms with E-state index < -0.39 is 61.9 Å². The normalized spacial score (nSPS) is 14.1. The molecule has 3 aromatic rings. The van der Waals surface area contributed by atoms with Crippen LogP contribution in [0, 0.1) is 0 Å². The molecule has 5 N–H and O–H groups in total. The summed E-state index contributed by atoms with van der Waals surface area (Å²) in [7, 11) is -9.03. The molecule has 0 aliphatic carbocycles. The number of rotatable bonds is 14. The van der Waals surface area contributed by atoms with Gasteiger partial charge in [-0.25, -0.2) is 26.3 Å². The van der Waals surface area contributed by atoms with Gasteiger partial charge in [0.1, 0.15) is 37.6 Å². The molecule has 0 fully saturated rings. The molecule has 1 amide bonds. The van der Waals surface area contributed by atoms with Crippen molar-refractivity contribution < 1.29 is 110 Å². The molecule has 2 heterocycles. The summed E-state index contributed by atoms with van der Waals surface area (Å²) >= 11 is 0. The summed E-state index contributed by atoms with van der Waals surface area (Å²) in [6, 6.07) is 11.3. The number of carboxylic acid groups (broad SMARTS) is 1. The van der Waals surface area contributed by atoms with Crippen LogP contribution in [0.4, 0.5) is 17.1 Å². The molecule has 0 unspecified atom stereocenters. The van der Waals surface area contributed by atoms with Crippen molar-refractivity contribution in [2.24, 2.45) is 5.10 Å². The van der Waals surface area contributed by atoms with E-state index in [1.54, 1.807) is 0 Å². The van der Waals surface area contributed by atoms with Gasteiger partial charge in [-0.2, -0.15) is 10.1 Å². The minimum atomic E-state index is -4.52. The molecule has 0 atom stereocenters. The molecule has 0 spiro atoms. The minimum absolute atomic E-state index is 0. The first kappa shape index (κ1) is 41.6. The third-order valence-corrected chi connectivity index (χ3v) is 7.07. The smallest absolute Gasteiger partial charge is 0.747 e. The molecule has 0 radical (unpaired) electrons. The Labute approximate surface area is 322 Å². The molecule has 49 heavy (non-hydrogen) atoms. The largest absolute Gasteiger partial charge is 1.00 e. The first-order valence-electron chi connectivity index (χ1n) is 13.0. The molecule has 2 aromatic carbocycles. The van der Waals surface area contributed by atoms with Crippen LogP contribution in [0.2, 0.25) is 0 Å². The van der Waals surface area contributed by atoms with Gasteiger partial charge in [0.15, 0.2) is 12.5 Å². The summed E-state index contributed by atoms with van der Waals surface area (Å²) < 4.78 is 71.1. The van der Waals surface area contributed by atoms with Crippen molar-refractivity contribution in [3.63, 3.8) is 0 Å². The summed E-state index contributed by atoms with van der Waals surface area (Å²) in [5.74, 6) is -4.03. The number of hydrogen-bond donors (Lipinski definition) is 5. The molecule has 1 aliphatic rings. The predicted molar refractivity (Wildman–Crippen MR) is 166 cm³/mol. The fraction of sp³-hybridized carbons (Fsp3) is 0.111. The van der Waals surface area contributed by atoms with Crippen molar-refractivity contribution in [1.82, 2.24) is 9.78 Å². The number of aliphatic hydroxyl groups is 1. The van der Waals surface area contributed by atoms with E-state index in [1.165, 1.54) is 78.9 Å². The summed E-state index contributed by atoms with van der Waals surface area (Å²) in [6.45, 7) is -0.771. The van der Waals surface area contributed by atoms with Crippen LogP contribution in [-0.2, 0) is 29.8 Å². The number of carboxylic acids is 1. The second kappa shape index (κ2) is 17.9. The van der Waals surface area contributed by atoms with Crippen LogP contribution in [0.3, 0.4) is 0 Å². The number of hydrazone groups is 1. The number of aromatic nitrogens is 2. The van der Waals surface area contributed by atoms with Gasteiger partial charge in [-0.3, -0.25) is 14.7 Å². The summed E-state index contributed by atoms with van der Waals surface area (Å²) in [5, 5.41) is 31.1. The molecule has 0 bridgehead atoms. The van der Waals surface area contributed by atoms with Crippen LogP contribution in [0.5, 0.6) is 5.88 Å². The minimum Gasteiger partial charge on any atom is -0.747 e. The molecule has 0 saturated carbocycles. The van der Waals surface area contributed by atoms with E-state index in [2.05, 4.69) is 20.8 Å². The van der Waals surface area contributed by atoms with E-state index in [0.717, 1.165) is 9.69 Å². The Morgan fingerprint density at radius 3 is 1.90 bits per heavy atom. The van der Waals surface area contributed by atoms with Crippen LogP contribution in [0.15, 0.2) is 88.3 Å². The number of amides is 1. The average Bonchev–Trinajstić information content (AvgIpc) is 3.50. The summed E-state index contributed by atoms with van der Waals surface area (Å²) in [6.07, 6.45) is 6.62. The molecule has 0 saturated heterocycles. The number of aromatic amines is 1. The first-order chi connectivity index (χ1) is 22.2. The van der Waals surface area contributed by atoms with E-state index in [9.17, 15) is 50.5 Å². The number of nitrogens with zero attached hydrogens (tertiary/aromatic N) is 3. The van der Waals surface area contributed by atoms with Crippen molar-refractivity contribution in [3.05, 3.63) is 94.3 Å². The number of carbonyl (C=O) groups is 2. The molecule has 18 nitrogen and oxygen atoms in total. The quantitative estimate of drug-likeness (QED) is 0.0340. The van der Waals surface area contributed by atoms with Gasteiger partial charge in [0.25, 0.3) is 11.5 Å². The number of H-pyrrole nitrogens is 1. The molecular formula is C27H24N6Na2O12S2. The van der Waals surface area contributed by atoms with Gasteiger partial charge in [-0.1, -0.05) is 18.2 Å². The van der Waals surface area contributed by atoms with Crippen molar-refractivity contribution in [2.75, 3.05) is 34.2 Å². The van der Waals surface area contributed by atoms with E-state index in [0.29, 0.717) is 11.4 Å². The number of anilines is 3. The Bertz CT molecular complexity index is 2070. The number of carbonyl (C=O) groups excluding carboxylic acids is 1. The third kappa shape index (κ3) is 11.5. The van der Waals surface area contributed by atoms with Crippen LogP contribution < -0.4 is 85.1 Å². The topological polar surface area (TPSA) is 276 Å². The number of aliphatic hydroxyl groups excluding tert-OH is 1. The average molecular weight is 735 g/mol. The van der Waals surface area contributed by atoms with Gasteiger partial charge in [-0.15, -0.1) is 0 Å². The van der Waals surface area contributed by atoms with Crippen LogP contribution in [0.25, 0.3) is 11.8 Å². The van der Waals surface area contributed by atoms with Crippen molar-refractivity contribution in [2.45, 2.75) is 0 Å². The molecule has 1 aromatic heterocycles. The Hall–Kier alpha value is -3.54. The SMILES string of the molecule is O=C(O)C1=NN(c2ccc(NCS(=O)(=O)[O-])cc2)C(=O)C1=CC=CC=Cc1c(OCO)[nH]n(-c2ccc(NCS(=O)(=O)[O-])cc2)c1=O.[Na+].[Na+]. The fourth-order valence-electron chi connectivity index (χ4n) is 3.99. The number of nitrogens with one attached hydrogen (secondary N) is 3. The zero-order chi connectivity index (χ0) is 34.4. The zero-order valence-corrected chi connectivity index (χ0v) is 31.4. The Kier molecular flexibility index (Phi) is 15.2. The molecule has 4 rings (SSSR count). The standard InChI is InChI=1S/C27H26N6O12S2.2Na/c34-16-45-24-22(26(36)33(31-24)20-12-8-18(9-13-20)29-15-47(42,43)44)5-3-1-2-4-21-23(27(37)38)30-32(25(21)35)19-10-6-17(7-11-19)28-14-46(39,40)41;;/h1-13,28-29,31,34H,14-16H2,(H,37,38)(H,39,40,41)(H,42,43,44);;/q;2*+1/p-2. The predicted octanol–water partition coefficient (Wildman–Crippen LogP) is -5.69. The Morgan fingerprint density at radius 1 is 0.878 bits per heavy atom. The van der Waals surface area contributed by atoms with Gasteiger partial charge in [-0.05, 0) is 60.7 Å². The molecule has 1 aliphatic heterocycles. The summed E-state index contributed by atoms with van der Waals surface area (Å²) in [4.78, 5) is 37.9. The monoisotopic (exact) mass is 734 g/mol. The molecule has 22 heteroatoms. The van der Waals surface area contributed by atoms with Crippen molar-refractivity contribution in [1.29, 1.82) is 0 Å². The maximum atomic E-state index is 13.1. The number of benzene rings is 2. The molecular weight excluding hydrogens is 710 g/mol. The number of aliphatic carboxylic acids is 1. The van der Waals surface area contributed by atoms with Crippen molar-refractivity contribution in [3.8, 4) is 11.6 Å². The number of ether oxygens (including phenoxy) is 1. The van der Waals surface area contributed by atoms with Gasteiger partial charge in [0.05, 0.1) is 16.9 Å². The van der Waals surface area contributed by atoms with Gasteiger partial charge in [0.2, 0.25) is 5.88 Å². The van der Waals surface area contributed by atoms with E-state index in [4.69, 9.17) is 4.74 Å². The van der Waals surface area contributed by atoms with Crippen LogP contribution >= 0.6 is 0 Å². The fourth-order valence-corrected chi connectivity index (χ4v) is 4.68. The van der Waals surface area contributed by atoms with E-state index in [1.807, 2.05) is 0 Å². The van der Waals surface area contributed by atoms with Gasteiger partial charge >= 0.3 is 65.1 Å². The van der Waals surface area contributed by atoms with Gasteiger partial charge in [0, 0.05) is 11.4 Å². The number of allylic oxidation sites excluding steroid dienone is 4.